The molecule has 1 saturated heterocycles. The average Bonchev–Trinajstić information content (AvgIpc) is 3.35. The highest BCUT2D eigenvalue weighted by Crippen LogP contribution is 2.45. The number of nitrogens with two attached hydrogens (primary N) is 1. The maximum atomic E-state index is 13.7. The number of imide groups is 1. The molecule has 1 aromatic heterocycles. The number of carbonyl (C=O) groups is 4. The smallest absolute Gasteiger partial charge is 0.324 e. The Hall–Kier alpha value is -3.74. The van der Waals surface area contributed by atoms with Gasteiger partial charge in [-0.2, -0.15) is 0 Å². The summed E-state index contributed by atoms with van der Waals surface area (Å²) in [6.45, 7) is 9.02. The van der Waals surface area contributed by atoms with Crippen LogP contribution >= 0.6 is 0 Å². The van der Waals surface area contributed by atoms with Gasteiger partial charge in [0.2, 0.25) is 5.91 Å². The van der Waals surface area contributed by atoms with E-state index >= 15 is 0 Å². The quantitative estimate of drug-likeness (QED) is 0.248. The summed E-state index contributed by atoms with van der Waals surface area (Å²) in [6, 6.07) is 5.21. The molecule has 0 radical (unpaired) electrons. The predicted molar refractivity (Wildman–Crippen MR) is 160 cm³/mol. The van der Waals surface area contributed by atoms with E-state index in [0.717, 1.165) is 37.9 Å². The summed E-state index contributed by atoms with van der Waals surface area (Å²) in [5.41, 5.74) is 8.68. The maximum Gasteiger partial charge on any atom is 0.324 e. The second-order valence-corrected chi connectivity index (χ2v) is 11.2. The molecule has 230 valence electrons. The third-order valence-electron chi connectivity index (χ3n) is 7.83. The van der Waals surface area contributed by atoms with Crippen molar-refractivity contribution in [1.29, 1.82) is 0 Å². The third kappa shape index (κ3) is 7.96. The molecule has 2 aromatic rings. The average molecular weight is 585 g/mol. The van der Waals surface area contributed by atoms with E-state index in [9.17, 15) is 19.2 Å². The number of nitrogens with one attached hydrogen (secondary N) is 2. The Bertz CT molecular complexity index is 1280. The highest BCUT2D eigenvalue weighted by atomic mass is 16.4. The van der Waals surface area contributed by atoms with Crippen molar-refractivity contribution in [2.75, 3.05) is 46.8 Å². The van der Waals surface area contributed by atoms with Gasteiger partial charge in [-0.3, -0.25) is 24.2 Å². The summed E-state index contributed by atoms with van der Waals surface area (Å²) >= 11 is 0. The normalized spacial score (nSPS) is 20.2. The first-order valence-electron chi connectivity index (χ1n) is 14.4. The molecule has 42 heavy (non-hydrogen) atoms. The van der Waals surface area contributed by atoms with Crippen LogP contribution in [0.15, 0.2) is 37.1 Å². The van der Waals surface area contributed by atoms with Crippen molar-refractivity contribution in [3.8, 4) is 0 Å². The van der Waals surface area contributed by atoms with E-state index in [0.29, 0.717) is 25.7 Å². The van der Waals surface area contributed by atoms with Crippen LogP contribution in [0.1, 0.15) is 43.2 Å². The fourth-order valence-electron chi connectivity index (χ4n) is 5.95. The van der Waals surface area contributed by atoms with Crippen molar-refractivity contribution < 1.29 is 29.4 Å². The number of carbonyl (C=O) groups excluding carboxylic acids is 2. The Morgan fingerprint density at radius 2 is 1.98 bits per heavy atom. The van der Waals surface area contributed by atoms with Gasteiger partial charge in [0.1, 0.15) is 6.04 Å². The molecule has 0 spiro atoms. The largest absolute Gasteiger partial charge is 0.481 e. The lowest BCUT2D eigenvalue weighted by Crippen LogP contribution is -2.55. The minimum absolute atomic E-state index is 0.0562. The molecule has 1 aliphatic heterocycles. The molecule has 1 aliphatic carbocycles. The number of aromatic nitrogens is 1. The van der Waals surface area contributed by atoms with Gasteiger partial charge in [0, 0.05) is 55.2 Å². The number of fused-ring (bicyclic) bond motifs is 2. The van der Waals surface area contributed by atoms with Crippen LogP contribution in [0.2, 0.25) is 0 Å². The van der Waals surface area contributed by atoms with Crippen molar-refractivity contribution in [1.82, 2.24) is 25.0 Å². The molecule has 4 rings (SSSR count). The molecule has 1 aromatic carbocycles. The van der Waals surface area contributed by atoms with Crippen LogP contribution in [0.4, 0.5) is 4.79 Å². The molecule has 1 unspecified atom stereocenters. The van der Waals surface area contributed by atoms with Crippen molar-refractivity contribution in [3.05, 3.63) is 48.2 Å². The van der Waals surface area contributed by atoms with Gasteiger partial charge in [0.25, 0.3) is 0 Å². The van der Waals surface area contributed by atoms with Gasteiger partial charge >= 0.3 is 18.0 Å². The molecule has 2 aliphatic rings. The van der Waals surface area contributed by atoms with Crippen LogP contribution in [-0.4, -0.2) is 113 Å². The number of hydrogen-bond acceptors (Lipinski definition) is 7. The molecule has 4 atom stereocenters. The van der Waals surface area contributed by atoms with E-state index in [-0.39, 0.29) is 23.8 Å². The monoisotopic (exact) mass is 584 g/mol. The van der Waals surface area contributed by atoms with E-state index in [1.54, 1.807) is 0 Å². The van der Waals surface area contributed by atoms with E-state index < -0.39 is 24.4 Å². The summed E-state index contributed by atoms with van der Waals surface area (Å²) in [5.74, 6) is -2.51. The van der Waals surface area contributed by atoms with Gasteiger partial charge in [-0.05, 0) is 64.0 Å². The number of H-pyrrole nitrogens is 1. The molecule has 2 heterocycles. The molecule has 3 amide bonds. The Balaban J connectivity index is 0.000000467. The Labute approximate surface area is 246 Å². The molecule has 0 bridgehead atoms. The first-order valence-corrected chi connectivity index (χ1v) is 14.4. The number of rotatable bonds is 11. The van der Waals surface area contributed by atoms with Crippen LogP contribution in [0, 0.1) is 5.92 Å². The van der Waals surface area contributed by atoms with Gasteiger partial charge in [-0.1, -0.05) is 18.2 Å². The first kappa shape index (κ1) is 32.8. The number of amides is 3. The Kier molecular flexibility index (Phi) is 11.7. The fourth-order valence-corrected chi connectivity index (χ4v) is 5.95. The highest BCUT2D eigenvalue weighted by molar-refractivity contribution is 5.96. The van der Waals surface area contributed by atoms with Crippen LogP contribution in [0.5, 0.6) is 0 Å². The molecule has 12 heteroatoms. The number of urea groups is 1. The van der Waals surface area contributed by atoms with E-state index in [1.165, 1.54) is 21.4 Å². The van der Waals surface area contributed by atoms with Crippen LogP contribution in [-0.2, 0) is 20.8 Å². The molecule has 12 nitrogen and oxygen atoms in total. The van der Waals surface area contributed by atoms with Crippen molar-refractivity contribution in [2.24, 2.45) is 11.7 Å². The number of aromatic amines is 1. The van der Waals surface area contributed by atoms with Crippen LogP contribution in [0.3, 0.4) is 0 Å². The lowest BCUT2D eigenvalue weighted by Gasteiger charge is -2.47. The molecule has 1 fully saturated rings. The third-order valence-corrected chi connectivity index (χ3v) is 7.83. The topological polar surface area (TPSA) is 172 Å². The zero-order valence-electron chi connectivity index (χ0n) is 24.7. The standard InChI is InChI=1S/C26H37N5O2.C4H7NO4/c1-5-11-30-17-19(25(32)31(26(33)27-6-2)13-8-12-29(3)4)14-21-20-9-7-10-22-24(20)18(16-28-22)15-23(21)30;5-2(4(8)9)1-3(6)7/h5,7,9-10,16,19,21,23,28H,1,6,8,11-15,17H2,2-4H3,(H,27,33);2H,1,5H2,(H,6,7)(H,8,9)/t19-,21-,23-;/m1./s1. The number of carboxylic acids is 2. The Morgan fingerprint density at radius 3 is 2.57 bits per heavy atom. The molecule has 0 saturated carbocycles. The van der Waals surface area contributed by atoms with Crippen LogP contribution in [0.25, 0.3) is 10.9 Å². The van der Waals surface area contributed by atoms with Gasteiger partial charge in [0.05, 0.1) is 12.3 Å². The second kappa shape index (κ2) is 14.9. The highest BCUT2D eigenvalue weighted by Gasteiger charge is 2.43. The van der Waals surface area contributed by atoms with Gasteiger partial charge in [-0.25, -0.2) is 4.79 Å². The zero-order valence-corrected chi connectivity index (χ0v) is 24.7. The number of nitrogens with zero attached hydrogens (tertiary/aromatic N) is 3. The summed E-state index contributed by atoms with van der Waals surface area (Å²) in [5, 5.41) is 20.2. The summed E-state index contributed by atoms with van der Waals surface area (Å²) in [7, 11) is 4.01. The number of benzene rings is 1. The van der Waals surface area contributed by atoms with E-state index in [2.05, 4.69) is 51.1 Å². The van der Waals surface area contributed by atoms with Crippen molar-refractivity contribution in [3.63, 3.8) is 0 Å². The molecular formula is C30H44N6O6. The molecule has 6 N–H and O–H groups in total. The fraction of sp³-hybridized carbons (Fsp3) is 0.533. The van der Waals surface area contributed by atoms with Gasteiger partial charge in [0.15, 0.2) is 0 Å². The van der Waals surface area contributed by atoms with Gasteiger partial charge < -0.3 is 31.1 Å². The number of piperidine rings is 1. The number of hydrogen-bond donors (Lipinski definition) is 5. The number of likely N-dealkylation sites (tertiary alicyclic amines) is 1. The molecular weight excluding hydrogens is 540 g/mol. The zero-order chi connectivity index (χ0) is 31.0. The van der Waals surface area contributed by atoms with E-state index in [1.807, 2.05) is 27.1 Å². The predicted octanol–water partition coefficient (Wildman–Crippen LogP) is 2.07. The number of carboxylic acid groups (broad SMARTS) is 2. The summed E-state index contributed by atoms with van der Waals surface area (Å²) in [4.78, 5) is 55.5. The maximum absolute atomic E-state index is 13.7. The van der Waals surface area contributed by atoms with Crippen molar-refractivity contribution >= 4 is 34.8 Å². The Morgan fingerprint density at radius 1 is 1.24 bits per heavy atom. The second-order valence-electron chi connectivity index (χ2n) is 11.2. The first-order chi connectivity index (χ1) is 20.0. The summed E-state index contributed by atoms with van der Waals surface area (Å²) in [6.07, 6.45) is 6.03. The SMILES string of the molecule is C=CCN1C[C@H](C(=O)N(CCCN(C)C)C(=O)NCC)C[C@@H]2c3cccc4[nH]cc(c34)C[C@H]21.NC(CC(=O)O)C(=O)O. The van der Waals surface area contributed by atoms with Crippen LogP contribution < -0.4 is 11.1 Å². The lowest BCUT2D eigenvalue weighted by molar-refractivity contribution is -0.144. The van der Waals surface area contributed by atoms with Gasteiger partial charge in [-0.15, -0.1) is 6.58 Å². The minimum atomic E-state index is -1.29. The summed E-state index contributed by atoms with van der Waals surface area (Å²) < 4.78 is 0. The van der Waals surface area contributed by atoms with E-state index in [4.69, 9.17) is 15.9 Å². The minimum Gasteiger partial charge on any atom is -0.481 e. The van der Waals surface area contributed by atoms with Crippen molar-refractivity contribution in [2.45, 2.75) is 50.6 Å². The number of aliphatic carboxylic acids is 2. The lowest BCUT2D eigenvalue weighted by atomic mass is 9.72.